The van der Waals surface area contributed by atoms with Crippen molar-refractivity contribution in [2.45, 2.75) is 44.6 Å². The monoisotopic (exact) mass is 344 g/mol. The van der Waals surface area contributed by atoms with Gasteiger partial charge in [-0.05, 0) is 49.1 Å². The fourth-order valence-electron chi connectivity index (χ4n) is 3.34. The maximum Gasteiger partial charge on any atom is 0.181 e. The van der Waals surface area contributed by atoms with Gasteiger partial charge in [-0.25, -0.2) is 9.97 Å². The highest BCUT2D eigenvalue weighted by Crippen LogP contribution is 2.30. The second-order valence-electron chi connectivity index (χ2n) is 6.46. The third-order valence-electron chi connectivity index (χ3n) is 4.67. The van der Waals surface area contributed by atoms with Gasteiger partial charge in [0, 0.05) is 12.5 Å². The van der Waals surface area contributed by atoms with Crippen LogP contribution in [0.2, 0.25) is 5.15 Å². The topological polar surface area (TPSA) is 63.1 Å². The summed E-state index contributed by atoms with van der Waals surface area (Å²) in [5.74, 6) is 0.500. The predicted molar refractivity (Wildman–Crippen MR) is 93.2 cm³/mol. The summed E-state index contributed by atoms with van der Waals surface area (Å²) >= 11 is 5.76. The standard InChI is InChI=1S/C19H21ClN2O2/c20-19-11-17(21-12-22-19)18(24)8-7-16(23)6-5-13-9-14-3-1-2-4-15(14)10-13/h1-4,11-13,16,23H,5-10H2. The van der Waals surface area contributed by atoms with Crippen molar-refractivity contribution in [3.63, 3.8) is 0 Å². The van der Waals surface area contributed by atoms with E-state index in [2.05, 4.69) is 34.2 Å². The van der Waals surface area contributed by atoms with Crippen molar-refractivity contribution < 1.29 is 9.90 Å². The molecule has 0 spiro atoms. The fraction of sp³-hybridized carbons (Fsp3) is 0.421. The van der Waals surface area contributed by atoms with Crippen molar-refractivity contribution in [1.29, 1.82) is 0 Å². The molecule has 4 nitrogen and oxygen atoms in total. The Morgan fingerprint density at radius 2 is 1.92 bits per heavy atom. The zero-order chi connectivity index (χ0) is 16.9. The van der Waals surface area contributed by atoms with Crippen LogP contribution in [0, 0.1) is 5.92 Å². The molecule has 126 valence electrons. The number of Topliss-reactive ketones (excluding diaryl/α,β-unsaturated/α-hetero) is 1. The highest BCUT2D eigenvalue weighted by atomic mass is 35.5. The predicted octanol–water partition coefficient (Wildman–Crippen LogP) is 3.65. The van der Waals surface area contributed by atoms with Gasteiger partial charge in [-0.1, -0.05) is 35.9 Å². The summed E-state index contributed by atoms with van der Waals surface area (Å²) < 4.78 is 0. The summed E-state index contributed by atoms with van der Waals surface area (Å²) in [6.07, 6.45) is 5.49. The van der Waals surface area contributed by atoms with E-state index < -0.39 is 6.10 Å². The lowest BCUT2D eigenvalue weighted by molar-refractivity contribution is 0.0922. The van der Waals surface area contributed by atoms with Crippen molar-refractivity contribution in [3.05, 3.63) is 58.6 Å². The number of carbonyl (C=O) groups is 1. The van der Waals surface area contributed by atoms with E-state index in [9.17, 15) is 9.90 Å². The molecule has 0 saturated carbocycles. The average molecular weight is 345 g/mol. The molecule has 0 saturated heterocycles. The summed E-state index contributed by atoms with van der Waals surface area (Å²) in [5, 5.41) is 10.4. The molecule has 0 amide bonds. The number of ketones is 1. The van der Waals surface area contributed by atoms with E-state index in [-0.39, 0.29) is 17.4 Å². The molecule has 24 heavy (non-hydrogen) atoms. The van der Waals surface area contributed by atoms with Crippen LogP contribution in [0.3, 0.4) is 0 Å². The molecule has 0 fully saturated rings. The maximum atomic E-state index is 12.1. The Morgan fingerprint density at radius 3 is 2.58 bits per heavy atom. The lowest BCUT2D eigenvalue weighted by Crippen LogP contribution is -2.13. The number of hydrogen-bond donors (Lipinski definition) is 1. The molecule has 1 heterocycles. The molecule has 1 aromatic heterocycles. The Balaban J connectivity index is 1.40. The first-order valence-electron chi connectivity index (χ1n) is 8.37. The van der Waals surface area contributed by atoms with E-state index in [4.69, 9.17) is 11.6 Å². The molecular weight excluding hydrogens is 324 g/mol. The van der Waals surface area contributed by atoms with Gasteiger partial charge < -0.3 is 5.11 Å². The highest BCUT2D eigenvalue weighted by molar-refractivity contribution is 6.29. The quantitative estimate of drug-likeness (QED) is 0.615. The van der Waals surface area contributed by atoms with E-state index >= 15 is 0 Å². The summed E-state index contributed by atoms with van der Waals surface area (Å²) in [6.45, 7) is 0. The molecule has 1 unspecified atom stereocenters. The number of hydrogen-bond acceptors (Lipinski definition) is 4. The molecule has 0 bridgehead atoms. The van der Waals surface area contributed by atoms with Crippen molar-refractivity contribution in [2.24, 2.45) is 5.92 Å². The third kappa shape index (κ3) is 4.40. The SMILES string of the molecule is O=C(CCC(O)CCC1Cc2ccccc2C1)c1cc(Cl)ncn1. The first kappa shape index (κ1) is 17.1. The van der Waals surface area contributed by atoms with Crippen LogP contribution in [0.1, 0.15) is 47.3 Å². The number of fused-ring (bicyclic) bond motifs is 1. The molecule has 5 heteroatoms. The molecule has 3 rings (SSSR count). The van der Waals surface area contributed by atoms with Gasteiger partial charge in [0.05, 0.1) is 6.10 Å². The van der Waals surface area contributed by atoms with Crippen LogP contribution in [0.25, 0.3) is 0 Å². The Bertz CT molecular complexity index is 695. The van der Waals surface area contributed by atoms with Crippen LogP contribution >= 0.6 is 11.6 Å². The first-order valence-corrected chi connectivity index (χ1v) is 8.75. The minimum atomic E-state index is -0.449. The van der Waals surface area contributed by atoms with Gasteiger partial charge in [0.15, 0.2) is 5.78 Å². The zero-order valence-corrected chi connectivity index (χ0v) is 14.2. The fourth-order valence-corrected chi connectivity index (χ4v) is 3.49. The first-order chi connectivity index (χ1) is 11.6. The molecule has 1 aliphatic carbocycles. The van der Waals surface area contributed by atoms with Crippen molar-refractivity contribution >= 4 is 17.4 Å². The van der Waals surface area contributed by atoms with E-state index in [1.807, 2.05) is 0 Å². The van der Waals surface area contributed by atoms with E-state index in [0.29, 0.717) is 18.0 Å². The van der Waals surface area contributed by atoms with Crippen molar-refractivity contribution in [1.82, 2.24) is 9.97 Å². The second kappa shape index (κ2) is 7.86. The minimum Gasteiger partial charge on any atom is -0.393 e. The average Bonchev–Trinajstić information content (AvgIpc) is 3.00. The number of aliphatic hydroxyl groups is 1. The van der Waals surface area contributed by atoms with Gasteiger partial charge in [-0.2, -0.15) is 0 Å². The summed E-state index contributed by atoms with van der Waals surface area (Å²) in [4.78, 5) is 19.7. The van der Waals surface area contributed by atoms with Crippen LogP contribution in [-0.2, 0) is 12.8 Å². The van der Waals surface area contributed by atoms with Gasteiger partial charge in [-0.3, -0.25) is 4.79 Å². The molecule has 0 aliphatic heterocycles. The number of benzene rings is 1. The Kier molecular flexibility index (Phi) is 5.59. The number of nitrogens with zero attached hydrogens (tertiary/aromatic N) is 2. The van der Waals surface area contributed by atoms with Crippen LogP contribution in [0.5, 0.6) is 0 Å². The normalized spacial score (nSPS) is 15.2. The molecule has 1 aliphatic rings. The second-order valence-corrected chi connectivity index (χ2v) is 6.85. The van der Waals surface area contributed by atoms with Gasteiger partial charge >= 0.3 is 0 Å². The van der Waals surface area contributed by atoms with Crippen molar-refractivity contribution in [3.8, 4) is 0 Å². The number of aromatic nitrogens is 2. The molecule has 0 radical (unpaired) electrons. The Labute approximate surface area is 146 Å². The highest BCUT2D eigenvalue weighted by Gasteiger charge is 2.21. The smallest absolute Gasteiger partial charge is 0.181 e. The third-order valence-corrected chi connectivity index (χ3v) is 4.87. The minimum absolute atomic E-state index is 0.105. The largest absolute Gasteiger partial charge is 0.393 e. The molecule has 1 atom stereocenters. The van der Waals surface area contributed by atoms with E-state index in [1.165, 1.54) is 23.5 Å². The molecular formula is C19H21ClN2O2. The lowest BCUT2D eigenvalue weighted by atomic mass is 9.96. The van der Waals surface area contributed by atoms with Crippen LogP contribution in [0.15, 0.2) is 36.7 Å². The van der Waals surface area contributed by atoms with Gasteiger partial charge in [0.2, 0.25) is 0 Å². The summed E-state index contributed by atoms with van der Waals surface area (Å²) in [6, 6.07) is 10.0. The van der Waals surface area contributed by atoms with Gasteiger partial charge in [0.1, 0.15) is 17.2 Å². The number of aliphatic hydroxyl groups excluding tert-OH is 1. The Morgan fingerprint density at radius 1 is 1.21 bits per heavy atom. The van der Waals surface area contributed by atoms with Crippen LogP contribution in [0.4, 0.5) is 0 Å². The number of carbonyl (C=O) groups excluding carboxylic acids is 1. The van der Waals surface area contributed by atoms with Gasteiger partial charge in [0.25, 0.3) is 0 Å². The van der Waals surface area contributed by atoms with Gasteiger partial charge in [-0.15, -0.1) is 0 Å². The molecule has 1 N–H and O–H groups in total. The van der Waals surface area contributed by atoms with E-state index in [1.54, 1.807) is 0 Å². The van der Waals surface area contributed by atoms with E-state index in [0.717, 1.165) is 25.7 Å². The molecule has 1 aromatic carbocycles. The summed E-state index contributed by atoms with van der Waals surface area (Å²) in [5.41, 5.74) is 3.19. The van der Waals surface area contributed by atoms with Crippen LogP contribution < -0.4 is 0 Å². The number of halogens is 1. The van der Waals surface area contributed by atoms with Crippen LogP contribution in [-0.4, -0.2) is 27.0 Å². The molecule has 2 aromatic rings. The zero-order valence-electron chi connectivity index (χ0n) is 13.5. The lowest BCUT2D eigenvalue weighted by Gasteiger charge is -2.13. The van der Waals surface area contributed by atoms with Crippen molar-refractivity contribution in [2.75, 3.05) is 0 Å². The maximum absolute atomic E-state index is 12.1. The summed E-state index contributed by atoms with van der Waals surface area (Å²) in [7, 11) is 0. The number of rotatable bonds is 7. The Hall–Kier alpha value is -1.78.